The summed E-state index contributed by atoms with van der Waals surface area (Å²) in [7, 11) is 0. The van der Waals surface area contributed by atoms with E-state index in [4.69, 9.17) is 10.5 Å². The highest BCUT2D eigenvalue weighted by Crippen LogP contribution is 2.36. The van der Waals surface area contributed by atoms with E-state index in [0.717, 1.165) is 0 Å². The number of rotatable bonds is 10. The summed E-state index contributed by atoms with van der Waals surface area (Å²) < 4.78 is 19.4. The summed E-state index contributed by atoms with van der Waals surface area (Å²) in [5.74, 6) is -3.50. The Balaban J connectivity index is 1.95. The average molecular weight is 622 g/mol. The first-order chi connectivity index (χ1) is 20.5. The van der Waals surface area contributed by atoms with Crippen LogP contribution in [-0.2, 0) is 30.3 Å². The summed E-state index contributed by atoms with van der Waals surface area (Å²) in [5.41, 5.74) is 3.39. The van der Waals surface area contributed by atoms with E-state index in [2.05, 4.69) is 10.6 Å². The predicted octanol–water partition coefficient (Wildman–Crippen LogP) is 0.345. The van der Waals surface area contributed by atoms with Gasteiger partial charge in [0.1, 0.15) is 35.1 Å². The van der Waals surface area contributed by atoms with Gasteiger partial charge in [0.2, 0.25) is 23.6 Å². The van der Waals surface area contributed by atoms with Crippen LogP contribution in [0.2, 0.25) is 0 Å². The van der Waals surface area contributed by atoms with Crippen molar-refractivity contribution in [2.45, 2.75) is 108 Å². The summed E-state index contributed by atoms with van der Waals surface area (Å²) in [6.45, 7) is 7.86. The van der Waals surface area contributed by atoms with Gasteiger partial charge >= 0.3 is 6.09 Å². The molecule has 1 aromatic carbocycles. The lowest BCUT2D eigenvalue weighted by Gasteiger charge is -2.41. The SMILES string of the molecule is C[C@@H](O)[C@H](NC(=O)[C@]1(Cc2cccc(F)c2)CCCN1C(=O)[C@@H]1CCCN1C(=O)[C@@H](NC(=O)OC(C)(C)C)[C@@H](C)O)C(N)=O. The molecular formula is C30H44FN5O8. The van der Waals surface area contributed by atoms with Crippen molar-refractivity contribution in [1.29, 1.82) is 0 Å². The monoisotopic (exact) mass is 621 g/mol. The third-order valence-corrected chi connectivity index (χ3v) is 7.88. The maximum Gasteiger partial charge on any atom is 0.408 e. The van der Waals surface area contributed by atoms with Crippen LogP contribution in [0.25, 0.3) is 0 Å². The molecule has 6 atom stereocenters. The van der Waals surface area contributed by atoms with Gasteiger partial charge in [-0.15, -0.1) is 0 Å². The minimum atomic E-state index is -1.59. The lowest BCUT2D eigenvalue weighted by molar-refractivity contribution is -0.153. The second-order valence-corrected chi connectivity index (χ2v) is 12.6. The summed E-state index contributed by atoms with van der Waals surface area (Å²) >= 11 is 0. The second kappa shape index (κ2) is 13.9. The molecule has 0 aromatic heterocycles. The van der Waals surface area contributed by atoms with Crippen LogP contribution in [0.4, 0.5) is 9.18 Å². The normalized spacial score (nSPS) is 23.0. The number of carbonyl (C=O) groups is 5. The first-order valence-electron chi connectivity index (χ1n) is 14.8. The molecule has 2 fully saturated rings. The van der Waals surface area contributed by atoms with Gasteiger partial charge in [-0.05, 0) is 78.0 Å². The molecule has 0 unspecified atom stereocenters. The van der Waals surface area contributed by atoms with E-state index in [1.165, 1.54) is 41.8 Å². The zero-order chi connectivity index (χ0) is 33.0. The number of halogens is 1. The first-order valence-corrected chi connectivity index (χ1v) is 14.8. The number of amides is 5. The fourth-order valence-corrected chi connectivity index (χ4v) is 5.86. The van der Waals surface area contributed by atoms with Gasteiger partial charge in [0.25, 0.3) is 0 Å². The molecule has 0 saturated carbocycles. The average Bonchev–Trinajstić information content (AvgIpc) is 3.56. The van der Waals surface area contributed by atoms with Gasteiger partial charge in [-0.2, -0.15) is 0 Å². The number of hydrogen-bond donors (Lipinski definition) is 5. The van der Waals surface area contributed by atoms with Crippen molar-refractivity contribution in [2.75, 3.05) is 13.1 Å². The Labute approximate surface area is 256 Å². The van der Waals surface area contributed by atoms with Crippen LogP contribution < -0.4 is 16.4 Å². The Morgan fingerprint density at radius 1 is 1.07 bits per heavy atom. The lowest BCUT2D eigenvalue weighted by Crippen LogP contribution is -2.65. The lowest BCUT2D eigenvalue weighted by atomic mass is 9.86. The van der Waals surface area contributed by atoms with E-state index in [1.54, 1.807) is 26.8 Å². The van der Waals surface area contributed by atoms with Crippen LogP contribution in [0.3, 0.4) is 0 Å². The number of aliphatic hydroxyl groups is 2. The molecule has 0 radical (unpaired) electrons. The zero-order valence-electron chi connectivity index (χ0n) is 25.8. The van der Waals surface area contributed by atoms with Crippen molar-refractivity contribution in [2.24, 2.45) is 5.73 Å². The summed E-state index contributed by atoms with van der Waals surface area (Å²) in [5, 5.41) is 25.4. The fourth-order valence-electron chi connectivity index (χ4n) is 5.86. The number of carbonyl (C=O) groups excluding carboxylic acids is 5. The number of hydrogen-bond acceptors (Lipinski definition) is 8. The molecule has 13 nitrogen and oxygen atoms in total. The number of aliphatic hydroxyl groups excluding tert-OH is 2. The number of alkyl carbamates (subject to hydrolysis) is 1. The number of nitrogens with zero attached hydrogens (tertiary/aromatic N) is 2. The number of benzene rings is 1. The molecule has 0 bridgehead atoms. The largest absolute Gasteiger partial charge is 0.444 e. The van der Waals surface area contributed by atoms with E-state index >= 15 is 0 Å². The molecule has 0 aliphatic carbocycles. The van der Waals surface area contributed by atoms with Gasteiger partial charge in [0.15, 0.2) is 0 Å². The maximum atomic E-state index is 14.3. The number of nitrogens with one attached hydrogen (secondary N) is 2. The van der Waals surface area contributed by atoms with Crippen molar-refractivity contribution in [3.05, 3.63) is 35.6 Å². The highest BCUT2D eigenvalue weighted by atomic mass is 19.1. The number of likely N-dealkylation sites (tertiary alicyclic amines) is 2. The third-order valence-electron chi connectivity index (χ3n) is 7.88. The number of nitrogens with two attached hydrogens (primary N) is 1. The molecule has 0 spiro atoms. The summed E-state index contributed by atoms with van der Waals surface area (Å²) in [6.07, 6.45) is -2.41. The summed E-state index contributed by atoms with van der Waals surface area (Å²) in [4.78, 5) is 69.0. The molecule has 3 rings (SSSR count). The van der Waals surface area contributed by atoms with Crippen molar-refractivity contribution >= 4 is 29.7 Å². The highest BCUT2D eigenvalue weighted by molar-refractivity contribution is 5.98. The van der Waals surface area contributed by atoms with Gasteiger partial charge in [-0.3, -0.25) is 19.2 Å². The van der Waals surface area contributed by atoms with Crippen molar-refractivity contribution < 1.29 is 43.3 Å². The molecular weight excluding hydrogens is 577 g/mol. The second-order valence-electron chi connectivity index (χ2n) is 12.6. The van der Waals surface area contributed by atoms with Crippen molar-refractivity contribution in [1.82, 2.24) is 20.4 Å². The molecule has 5 amide bonds. The third kappa shape index (κ3) is 8.03. The Morgan fingerprint density at radius 2 is 1.73 bits per heavy atom. The Hall–Kier alpha value is -3.78. The van der Waals surface area contributed by atoms with Crippen LogP contribution in [0.5, 0.6) is 0 Å². The van der Waals surface area contributed by atoms with Crippen LogP contribution >= 0.6 is 0 Å². The predicted molar refractivity (Wildman–Crippen MR) is 156 cm³/mol. The van der Waals surface area contributed by atoms with Crippen molar-refractivity contribution in [3.8, 4) is 0 Å². The Morgan fingerprint density at radius 3 is 2.30 bits per heavy atom. The van der Waals surface area contributed by atoms with Gasteiger partial charge in [-0.1, -0.05) is 12.1 Å². The number of primary amides is 1. The Bertz CT molecular complexity index is 1250. The fraction of sp³-hybridized carbons (Fsp3) is 0.633. The molecule has 6 N–H and O–H groups in total. The van der Waals surface area contributed by atoms with Crippen LogP contribution in [-0.4, -0.2) is 104 Å². The quantitative estimate of drug-likeness (QED) is 0.247. The smallest absolute Gasteiger partial charge is 0.408 e. The molecule has 2 heterocycles. The molecule has 1 aromatic rings. The van der Waals surface area contributed by atoms with Gasteiger partial charge in [0, 0.05) is 19.5 Å². The van der Waals surface area contributed by atoms with Gasteiger partial charge < -0.3 is 41.1 Å². The van der Waals surface area contributed by atoms with Crippen LogP contribution in [0.1, 0.15) is 65.9 Å². The van der Waals surface area contributed by atoms with E-state index in [0.29, 0.717) is 18.4 Å². The standard InChI is InChI=1S/C30H44FN5O8/c1-17(37)22(24(32)39)33-27(42)30(16-19-9-6-10-20(31)15-19)12-8-14-36(30)25(40)21-11-7-13-35(21)26(41)23(18(2)38)34-28(43)44-29(3,4)5/h6,9-10,15,17-18,21-23,37-38H,7-8,11-14,16H2,1-5H3,(H2,32,39)(H,33,42)(H,34,43)/t17-,18-,21+,22+,23+,30-/m1/s1. The Kier molecular flexibility index (Phi) is 11.0. The van der Waals surface area contributed by atoms with Gasteiger partial charge in [-0.25, -0.2) is 9.18 Å². The summed E-state index contributed by atoms with van der Waals surface area (Å²) in [6, 6.07) is 1.71. The van der Waals surface area contributed by atoms with Crippen LogP contribution in [0.15, 0.2) is 24.3 Å². The molecule has 14 heteroatoms. The van der Waals surface area contributed by atoms with Crippen LogP contribution in [0, 0.1) is 5.82 Å². The molecule has 2 aliphatic heterocycles. The maximum absolute atomic E-state index is 14.3. The topological polar surface area (TPSA) is 192 Å². The molecule has 2 saturated heterocycles. The van der Waals surface area contributed by atoms with Crippen molar-refractivity contribution in [3.63, 3.8) is 0 Å². The van der Waals surface area contributed by atoms with E-state index in [-0.39, 0.29) is 32.4 Å². The van der Waals surface area contributed by atoms with E-state index in [1.807, 2.05) is 0 Å². The molecule has 244 valence electrons. The first kappa shape index (κ1) is 34.7. The van der Waals surface area contributed by atoms with E-state index in [9.17, 15) is 38.6 Å². The molecule has 44 heavy (non-hydrogen) atoms. The number of ether oxygens (including phenoxy) is 1. The zero-order valence-corrected chi connectivity index (χ0v) is 25.8. The van der Waals surface area contributed by atoms with E-state index < -0.39 is 77.0 Å². The minimum Gasteiger partial charge on any atom is -0.444 e. The highest BCUT2D eigenvalue weighted by Gasteiger charge is 2.53. The van der Waals surface area contributed by atoms with Gasteiger partial charge in [0.05, 0.1) is 12.2 Å². The minimum absolute atomic E-state index is 0.106. The molecule has 2 aliphatic rings.